The molecule has 0 aliphatic rings. The van der Waals surface area contributed by atoms with Gasteiger partial charge in [-0.25, -0.2) is 4.79 Å². The van der Waals surface area contributed by atoms with Crippen molar-refractivity contribution in [2.24, 2.45) is 0 Å². The Morgan fingerprint density at radius 2 is 1.53 bits per heavy atom. The molecule has 174 valence electrons. The van der Waals surface area contributed by atoms with E-state index in [-0.39, 0.29) is 5.91 Å². The van der Waals surface area contributed by atoms with Crippen LogP contribution < -0.4 is 20.1 Å². The van der Waals surface area contributed by atoms with E-state index in [1.807, 2.05) is 0 Å². The van der Waals surface area contributed by atoms with Crippen LogP contribution in [0.3, 0.4) is 0 Å². The minimum atomic E-state index is -0.644. The normalized spacial score (nSPS) is 10.4. The van der Waals surface area contributed by atoms with Gasteiger partial charge >= 0.3 is 5.97 Å². The zero-order valence-electron chi connectivity index (χ0n) is 18.7. The lowest BCUT2D eigenvalue weighted by Gasteiger charge is -2.10. The van der Waals surface area contributed by atoms with E-state index in [9.17, 15) is 14.4 Å². The van der Waals surface area contributed by atoms with Gasteiger partial charge in [0.1, 0.15) is 11.5 Å². The highest BCUT2D eigenvalue weighted by Crippen LogP contribution is 2.24. The summed E-state index contributed by atoms with van der Waals surface area (Å²) in [7, 11) is 3.10. The van der Waals surface area contributed by atoms with Gasteiger partial charge in [-0.15, -0.1) is 0 Å². The molecule has 0 spiro atoms. The summed E-state index contributed by atoms with van der Waals surface area (Å²) >= 11 is 0. The maximum atomic E-state index is 12.5. The van der Waals surface area contributed by atoms with Crippen LogP contribution in [-0.2, 0) is 14.3 Å². The Morgan fingerprint density at radius 1 is 0.824 bits per heavy atom. The highest BCUT2D eigenvalue weighted by atomic mass is 16.5. The molecule has 0 bridgehead atoms. The molecule has 3 aromatic rings. The summed E-state index contributed by atoms with van der Waals surface area (Å²) in [6.45, 7) is -0.443. The molecule has 3 aromatic carbocycles. The number of benzene rings is 3. The fraction of sp³-hybridized carbons (Fsp3) is 0.115. The third kappa shape index (κ3) is 6.96. The van der Waals surface area contributed by atoms with Crippen LogP contribution >= 0.6 is 0 Å². The van der Waals surface area contributed by atoms with Crippen LogP contribution in [-0.4, -0.2) is 38.6 Å². The Morgan fingerprint density at radius 3 is 2.21 bits per heavy atom. The Bertz CT molecular complexity index is 1170. The van der Waals surface area contributed by atoms with E-state index in [0.717, 1.165) is 5.56 Å². The van der Waals surface area contributed by atoms with Gasteiger partial charge < -0.3 is 24.8 Å². The van der Waals surface area contributed by atoms with Crippen LogP contribution in [0.15, 0.2) is 78.9 Å². The molecule has 0 aromatic heterocycles. The van der Waals surface area contributed by atoms with E-state index in [0.29, 0.717) is 28.4 Å². The number of nitrogens with one attached hydrogen (secondary N) is 2. The number of rotatable bonds is 9. The van der Waals surface area contributed by atoms with E-state index in [1.54, 1.807) is 86.0 Å². The SMILES string of the molecule is COc1ccc(/C=C/C(=O)OCC(=O)Nc2ccc(C(=O)Nc3ccccc3OC)cc2)cc1. The maximum absolute atomic E-state index is 12.5. The average Bonchev–Trinajstić information content (AvgIpc) is 2.87. The molecule has 8 heteroatoms. The van der Waals surface area contributed by atoms with Crippen molar-refractivity contribution in [3.8, 4) is 11.5 Å². The van der Waals surface area contributed by atoms with Crippen molar-refractivity contribution >= 4 is 35.2 Å². The molecule has 0 aliphatic heterocycles. The van der Waals surface area contributed by atoms with E-state index in [2.05, 4.69) is 10.6 Å². The van der Waals surface area contributed by atoms with Crippen LogP contribution in [0.1, 0.15) is 15.9 Å². The zero-order chi connectivity index (χ0) is 24.3. The Balaban J connectivity index is 1.47. The van der Waals surface area contributed by atoms with Gasteiger partial charge in [-0.1, -0.05) is 24.3 Å². The highest BCUT2D eigenvalue weighted by molar-refractivity contribution is 6.05. The Labute approximate surface area is 197 Å². The van der Waals surface area contributed by atoms with Gasteiger partial charge in [-0.2, -0.15) is 0 Å². The van der Waals surface area contributed by atoms with Gasteiger partial charge in [-0.3, -0.25) is 9.59 Å². The van der Waals surface area contributed by atoms with Gasteiger partial charge in [0.2, 0.25) is 0 Å². The lowest BCUT2D eigenvalue weighted by atomic mass is 10.2. The first-order chi connectivity index (χ1) is 16.5. The highest BCUT2D eigenvalue weighted by Gasteiger charge is 2.10. The second-order valence-corrected chi connectivity index (χ2v) is 6.99. The van der Waals surface area contributed by atoms with Crippen molar-refractivity contribution in [2.75, 3.05) is 31.5 Å². The number of hydrogen-bond donors (Lipinski definition) is 2. The van der Waals surface area contributed by atoms with Crippen molar-refractivity contribution in [1.82, 2.24) is 0 Å². The number of methoxy groups -OCH3 is 2. The smallest absolute Gasteiger partial charge is 0.331 e. The van der Waals surface area contributed by atoms with E-state index in [1.165, 1.54) is 13.2 Å². The Kier molecular flexibility index (Phi) is 8.40. The molecule has 0 fully saturated rings. The van der Waals surface area contributed by atoms with Crippen molar-refractivity contribution in [1.29, 1.82) is 0 Å². The molecular formula is C26H24N2O6. The number of anilines is 2. The summed E-state index contributed by atoms with van der Waals surface area (Å²) in [4.78, 5) is 36.4. The lowest BCUT2D eigenvalue weighted by molar-refractivity contribution is -0.142. The number of hydrogen-bond acceptors (Lipinski definition) is 6. The summed E-state index contributed by atoms with van der Waals surface area (Å²) in [5.41, 5.74) is 2.20. The van der Waals surface area contributed by atoms with Crippen molar-refractivity contribution in [2.45, 2.75) is 0 Å². The lowest BCUT2D eigenvalue weighted by Crippen LogP contribution is -2.20. The monoisotopic (exact) mass is 460 g/mol. The third-order valence-electron chi connectivity index (χ3n) is 4.66. The molecule has 0 atom stereocenters. The fourth-order valence-electron chi connectivity index (χ4n) is 2.91. The van der Waals surface area contributed by atoms with Crippen LogP contribution in [0.5, 0.6) is 11.5 Å². The molecule has 8 nitrogen and oxygen atoms in total. The predicted octanol–water partition coefficient (Wildman–Crippen LogP) is 4.15. The molecule has 0 aliphatic carbocycles. The standard InChI is InChI=1S/C26H24N2O6/c1-32-21-14-7-18(8-15-21)9-16-25(30)34-17-24(29)27-20-12-10-19(11-13-20)26(31)28-22-5-3-4-6-23(22)33-2/h3-16H,17H2,1-2H3,(H,27,29)(H,28,31)/b16-9+. The topological polar surface area (TPSA) is 103 Å². The number of ether oxygens (including phenoxy) is 3. The summed E-state index contributed by atoms with van der Waals surface area (Å²) in [6.07, 6.45) is 2.82. The van der Waals surface area contributed by atoms with Crippen LogP contribution in [0.2, 0.25) is 0 Å². The van der Waals surface area contributed by atoms with Gasteiger partial charge in [0, 0.05) is 17.3 Å². The maximum Gasteiger partial charge on any atom is 0.331 e. The van der Waals surface area contributed by atoms with Crippen molar-refractivity contribution in [3.63, 3.8) is 0 Å². The van der Waals surface area contributed by atoms with Gasteiger partial charge in [0.15, 0.2) is 6.61 Å². The third-order valence-corrected chi connectivity index (χ3v) is 4.66. The molecule has 34 heavy (non-hydrogen) atoms. The number of carbonyl (C=O) groups is 3. The van der Waals surface area contributed by atoms with Crippen molar-refractivity contribution in [3.05, 3.63) is 90.0 Å². The summed E-state index contributed by atoms with van der Waals surface area (Å²) in [5, 5.41) is 5.39. The predicted molar refractivity (Wildman–Crippen MR) is 129 cm³/mol. The quantitative estimate of drug-likeness (QED) is 0.367. The van der Waals surface area contributed by atoms with Gasteiger partial charge in [0.25, 0.3) is 11.8 Å². The largest absolute Gasteiger partial charge is 0.497 e. The number of esters is 1. The van der Waals surface area contributed by atoms with Crippen LogP contribution in [0.25, 0.3) is 6.08 Å². The average molecular weight is 460 g/mol. The van der Waals surface area contributed by atoms with E-state index < -0.39 is 18.5 Å². The first-order valence-corrected chi connectivity index (χ1v) is 10.3. The first kappa shape index (κ1) is 24.1. The molecule has 0 heterocycles. The number of amides is 2. The zero-order valence-corrected chi connectivity index (χ0v) is 18.7. The molecule has 0 radical (unpaired) electrons. The Hall–Kier alpha value is -4.59. The first-order valence-electron chi connectivity index (χ1n) is 10.3. The fourth-order valence-corrected chi connectivity index (χ4v) is 2.91. The molecule has 2 amide bonds. The summed E-state index contributed by atoms with van der Waals surface area (Å²) in [6, 6.07) is 20.5. The molecular weight excluding hydrogens is 436 g/mol. The van der Waals surface area contributed by atoms with Crippen LogP contribution in [0.4, 0.5) is 11.4 Å². The molecule has 3 rings (SSSR count). The van der Waals surface area contributed by atoms with Gasteiger partial charge in [-0.05, 0) is 60.2 Å². The molecule has 0 unspecified atom stereocenters. The van der Waals surface area contributed by atoms with E-state index >= 15 is 0 Å². The minimum absolute atomic E-state index is 0.319. The second-order valence-electron chi connectivity index (χ2n) is 6.99. The summed E-state index contributed by atoms with van der Waals surface area (Å²) < 4.78 is 15.3. The van der Waals surface area contributed by atoms with Crippen molar-refractivity contribution < 1.29 is 28.6 Å². The number of para-hydroxylation sites is 2. The number of carbonyl (C=O) groups excluding carboxylic acids is 3. The van der Waals surface area contributed by atoms with Crippen LogP contribution in [0, 0.1) is 0 Å². The molecule has 2 N–H and O–H groups in total. The summed E-state index contributed by atoms with van der Waals surface area (Å²) in [5.74, 6) is -0.207. The second kappa shape index (κ2) is 11.9. The molecule has 0 saturated carbocycles. The molecule has 0 saturated heterocycles. The van der Waals surface area contributed by atoms with E-state index in [4.69, 9.17) is 14.2 Å². The van der Waals surface area contributed by atoms with Gasteiger partial charge in [0.05, 0.1) is 19.9 Å². The minimum Gasteiger partial charge on any atom is -0.497 e.